The molecule has 1 aliphatic rings. The van der Waals surface area contributed by atoms with E-state index in [2.05, 4.69) is 21.8 Å². The molecule has 1 N–H and O–H groups in total. The predicted octanol–water partition coefficient (Wildman–Crippen LogP) is 1.26. The van der Waals surface area contributed by atoms with Gasteiger partial charge >= 0.3 is 0 Å². The van der Waals surface area contributed by atoms with Gasteiger partial charge < -0.3 is 14.6 Å². The lowest BCUT2D eigenvalue weighted by Crippen LogP contribution is -2.32. The molecule has 0 amide bonds. The van der Waals surface area contributed by atoms with Crippen LogP contribution in [0.2, 0.25) is 0 Å². The van der Waals surface area contributed by atoms with E-state index in [9.17, 15) is 0 Å². The minimum absolute atomic E-state index is 0.548. The topological polar surface area (TPSA) is 39.1 Å². The Labute approximate surface area is 90.6 Å². The van der Waals surface area contributed by atoms with E-state index < -0.39 is 0 Å². The molecule has 1 aromatic rings. The molecule has 4 nitrogen and oxygen atoms in total. The SMILES string of the molecule is COCc1ncc(C)n1C1CCCNC1. The van der Waals surface area contributed by atoms with Crippen molar-refractivity contribution >= 4 is 0 Å². The molecule has 4 heteroatoms. The number of nitrogens with zero attached hydrogens (tertiary/aromatic N) is 2. The van der Waals surface area contributed by atoms with Gasteiger partial charge in [-0.1, -0.05) is 0 Å². The van der Waals surface area contributed by atoms with Gasteiger partial charge in [0.15, 0.2) is 0 Å². The van der Waals surface area contributed by atoms with Crippen LogP contribution in [0.3, 0.4) is 0 Å². The Bertz CT molecular complexity index is 316. The summed E-state index contributed by atoms with van der Waals surface area (Å²) in [5, 5.41) is 3.43. The van der Waals surface area contributed by atoms with Gasteiger partial charge in [-0.15, -0.1) is 0 Å². The lowest BCUT2D eigenvalue weighted by molar-refractivity contribution is 0.170. The van der Waals surface area contributed by atoms with Crippen molar-refractivity contribution in [3.8, 4) is 0 Å². The van der Waals surface area contributed by atoms with Crippen molar-refractivity contribution in [2.24, 2.45) is 0 Å². The Morgan fingerprint density at radius 2 is 2.53 bits per heavy atom. The molecule has 1 unspecified atom stereocenters. The summed E-state index contributed by atoms with van der Waals surface area (Å²) in [6.45, 7) is 4.91. The van der Waals surface area contributed by atoms with Gasteiger partial charge in [0.1, 0.15) is 12.4 Å². The molecular formula is C11H19N3O. The maximum Gasteiger partial charge on any atom is 0.135 e. The number of imidazole rings is 1. The van der Waals surface area contributed by atoms with Gasteiger partial charge in [0.2, 0.25) is 0 Å². The molecule has 0 bridgehead atoms. The van der Waals surface area contributed by atoms with Crippen molar-refractivity contribution in [3.05, 3.63) is 17.7 Å². The van der Waals surface area contributed by atoms with Crippen LogP contribution in [0.4, 0.5) is 0 Å². The summed E-state index contributed by atoms with van der Waals surface area (Å²) in [5.41, 5.74) is 1.23. The first-order valence-electron chi connectivity index (χ1n) is 5.55. The van der Waals surface area contributed by atoms with Crippen molar-refractivity contribution in [2.45, 2.75) is 32.4 Å². The Hall–Kier alpha value is -0.870. The van der Waals surface area contributed by atoms with E-state index in [-0.39, 0.29) is 0 Å². The summed E-state index contributed by atoms with van der Waals surface area (Å²) in [5.74, 6) is 1.05. The number of piperidine rings is 1. The second-order valence-electron chi connectivity index (χ2n) is 4.12. The van der Waals surface area contributed by atoms with Gasteiger partial charge in [0.25, 0.3) is 0 Å². The molecule has 0 spiro atoms. The predicted molar refractivity (Wildman–Crippen MR) is 58.8 cm³/mol. The third kappa shape index (κ3) is 2.21. The summed E-state index contributed by atoms with van der Waals surface area (Å²) >= 11 is 0. The Morgan fingerprint density at radius 3 is 3.20 bits per heavy atom. The number of methoxy groups -OCH3 is 1. The fourth-order valence-corrected chi connectivity index (χ4v) is 2.28. The van der Waals surface area contributed by atoms with Crippen molar-refractivity contribution in [1.29, 1.82) is 0 Å². The summed E-state index contributed by atoms with van der Waals surface area (Å²) in [4.78, 5) is 4.39. The first-order chi connectivity index (χ1) is 7.33. The quantitative estimate of drug-likeness (QED) is 0.814. The minimum Gasteiger partial charge on any atom is -0.377 e. The lowest BCUT2D eigenvalue weighted by Gasteiger charge is -2.26. The highest BCUT2D eigenvalue weighted by atomic mass is 16.5. The van der Waals surface area contributed by atoms with E-state index in [4.69, 9.17) is 4.74 Å². The maximum absolute atomic E-state index is 5.17. The Balaban J connectivity index is 2.19. The molecule has 2 rings (SSSR count). The molecule has 0 aromatic carbocycles. The molecule has 2 heterocycles. The monoisotopic (exact) mass is 209 g/mol. The van der Waals surface area contributed by atoms with Crippen LogP contribution in [-0.4, -0.2) is 29.8 Å². The van der Waals surface area contributed by atoms with Crippen LogP contribution in [0.25, 0.3) is 0 Å². The molecule has 1 atom stereocenters. The average Bonchev–Trinajstić information content (AvgIpc) is 2.62. The van der Waals surface area contributed by atoms with E-state index in [0.29, 0.717) is 12.6 Å². The van der Waals surface area contributed by atoms with Gasteiger partial charge in [0.05, 0.1) is 0 Å². The van der Waals surface area contributed by atoms with Crippen molar-refractivity contribution in [2.75, 3.05) is 20.2 Å². The number of aryl methyl sites for hydroxylation is 1. The molecule has 1 saturated heterocycles. The van der Waals surface area contributed by atoms with E-state index >= 15 is 0 Å². The Kier molecular flexibility index (Phi) is 3.38. The lowest BCUT2D eigenvalue weighted by atomic mass is 10.1. The van der Waals surface area contributed by atoms with Crippen LogP contribution >= 0.6 is 0 Å². The molecule has 1 fully saturated rings. The standard InChI is InChI=1S/C11H19N3O/c1-9-6-13-11(8-15-2)14(9)10-4-3-5-12-7-10/h6,10,12H,3-5,7-8H2,1-2H3. The van der Waals surface area contributed by atoms with Crippen LogP contribution in [-0.2, 0) is 11.3 Å². The zero-order chi connectivity index (χ0) is 10.7. The van der Waals surface area contributed by atoms with Crippen LogP contribution in [0.15, 0.2) is 6.20 Å². The first kappa shape index (κ1) is 10.6. The summed E-state index contributed by atoms with van der Waals surface area (Å²) in [7, 11) is 1.72. The first-order valence-corrected chi connectivity index (χ1v) is 5.55. The minimum atomic E-state index is 0.548. The molecule has 0 saturated carbocycles. The smallest absolute Gasteiger partial charge is 0.135 e. The van der Waals surface area contributed by atoms with Gasteiger partial charge in [-0.3, -0.25) is 0 Å². The third-order valence-electron chi connectivity index (χ3n) is 2.97. The third-order valence-corrected chi connectivity index (χ3v) is 2.97. The molecular weight excluding hydrogens is 190 g/mol. The van der Waals surface area contributed by atoms with Crippen LogP contribution < -0.4 is 5.32 Å². The summed E-state index contributed by atoms with van der Waals surface area (Å²) in [6.07, 6.45) is 4.42. The summed E-state index contributed by atoms with van der Waals surface area (Å²) < 4.78 is 7.48. The van der Waals surface area contributed by atoms with Gasteiger partial charge in [-0.2, -0.15) is 0 Å². The maximum atomic E-state index is 5.17. The zero-order valence-corrected chi connectivity index (χ0v) is 9.49. The average molecular weight is 209 g/mol. The number of hydrogen-bond donors (Lipinski definition) is 1. The summed E-state index contributed by atoms with van der Waals surface area (Å²) in [6, 6.07) is 0.548. The number of ether oxygens (including phenoxy) is 1. The van der Waals surface area contributed by atoms with E-state index in [0.717, 1.165) is 18.9 Å². The molecule has 84 valence electrons. The fraction of sp³-hybridized carbons (Fsp3) is 0.727. The molecule has 15 heavy (non-hydrogen) atoms. The fourth-order valence-electron chi connectivity index (χ4n) is 2.28. The van der Waals surface area contributed by atoms with Crippen molar-refractivity contribution in [3.63, 3.8) is 0 Å². The number of nitrogens with one attached hydrogen (secondary N) is 1. The van der Waals surface area contributed by atoms with Gasteiger partial charge in [-0.25, -0.2) is 4.98 Å². The molecule has 0 aliphatic carbocycles. The van der Waals surface area contributed by atoms with Crippen LogP contribution in [0.1, 0.15) is 30.4 Å². The highest BCUT2D eigenvalue weighted by Crippen LogP contribution is 2.21. The van der Waals surface area contributed by atoms with Gasteiger partial charge in [-0.05, 0) is 26.3 Å². The number of hydrogen-bond acceptors (Lipinski definition) is 3. The van der Waals surface area contributed by atoms with Crippen LogP contribution in [0, 0.1) is 6.92 Å². The number of aromatic nitrogens is 2. The zero-order valence-electron chi connectivity index (χ0n) is 9.49. The van der Waals surface area contributed by atoms with Gasteiger partial charge in [0, 0.05) is 31.6 Å². The normalized spacial score (nSPS) is 21.9. The van der Waals surface area contributed by atoms with Crippen molar-refractivity contribution in [1.82, 2.24) is 14.9 Å². The van der Waals surface area contributed by atoms with E-state index in [1.807, 2.05) is 6.20 Å². The highest BCUT2D eigenvalue weighted by Gasteiger charge is 2.19. The molecule has 0 radical (unpaired) electrons. The second kappa shape index (κ2) is 4.77. The largest absolute Gasteiger partial charge is 0.377 e. The molecule has 1 aromatic heterocycles. The Morgan fingerprint density at radius 1 is 1.67 bits per heavy atom. The molecule has 1 aliphatic heterocycles. The van der Waals surface area contributed by atoms with Crippen molar-refractivity contribution < 1.29 is 4.74 Å². The highest BCUT2D eigenvalue weighted by molar-refractivity contribution is 5.05. The second-order valence-corrected chi connectivity index (χ2v) is 4.12. The van der Waals surface area contributed by atoms with E-state index in [1.165, 1.54) is 18.5 Å². The number of rotatable bonds is 3. The van der Waals surface area contributed by atoms with Crippen LogP contribution in [0.5, 0.6) is 0 Å². The van der Waals surface area contributed by atoms with E-state index in [1.54, 1.807) is 7.11 Å².